The number of methoxy groups -OCH3 is 1. The fraction of sp³-hybridized carbons (Fsp3) is 0.179. The fourth-order valence-electron chi connectivity index (χ4n) is 3.92. The van der Waals surface area contributed by atoms with E-state index in [1.165, 1.54) is 17.7 Å². The van der Waals surface area contributed by atoms with Gasteiger partial charge in [-0.1, -0.05) is 35.0 Å². The highest BCUT2D eigenvalue weighted by molar-refractivity contribution is 6.01. The summed E-state index contributed by atoms with van der Waals surface area (Å²) < 4.78 is 21.0. The lowest BCUT2D eigenvalue weighted by Gasteiger charge is -2.13. The van der Waals surface area contributed by atoms with Crippen LogP contribution in [0.3, 0.4) is 0 Å². The number of benzene rings is 3. The highest BCUT2D eigenvalue weighted by Crippen LogP contribution is 2.31. The molecule has 0 amide bonds. The Morgan fingerprint density at radius 2 is 1.67 bits per heavy atom. The molecule has 0 bridgehead atoms. The predicted octanol–water partition coefficient (Wildman–Crippen LogP) is 6.85. The Kier molecular flexibility index (Phi) is 6.59. The zero-order valence-electron chi connectivity index (χ0n) is 19.3. The van der Waals surface area contributed by atoms with Gasteiger partial charge in [-0.05, 0) is 86.5 Å². The van der Waals surface area contributed by atoms with Gasteiger partial charge in [-0.3, -0.25) is 0 Å². The van der Waals surface area contributed by atoms with Gasteiger partial charge in [0.1, 0.15) is 18.2 Å². The Labute approximate surface area is 193 Å². The lowest BCUT2D eigenvalue weighted by molar-refractivity contribution is 0.130. The molecule has 5 heteroatoms. The van der Waals surface area contributed by atoms with Crippen molar-refractivity contribution >= 4 is 5.71 Å². The van der Waals surface area contributed by atoms with Crippen molar-refractivity contribution in [2.45, 2.75) is 27.4 Å². The number of ether oxygens (including phenoxy) is 1. The second-order valence-electron chi connectivity index (χ2n) is 8.01. The van der Waals surface area contributed by atoms with E-state index >= 15 is 0 Å². The number of aryl methyl sites for hydroxylation is 1. The number of aromatic nitrogens is 1. The average Bonchev–Trinajstić information content (AvgIpc) is 3.16. The maximum absolute atomic E-state index is 13.6. The van der Waals surface area contributed by atoms with Crippen LogP contribution in [0.5, 0.6) is 5.75 Å². The fourth-order valence-corrected chi connectivity index (χ4v) is 3.92. The van der Waals surface area contributed by atoms with Gasteiger partial charge in [-0.15, -0.1) is 0 Å². The predicted molar refractivity (Wildman–Crippen MR) is 131 cm³/mol. The van der Waals surface area contributed by atoms with E-state index < -0.39 is 0 Å². The normalized spacial score (nSPS) is 11.5. The highest BCUT2D eigenvalue weighted by Gasteiger charge is 2.17. The van der Waals surface area contributed by atoms with Crippen molar-refractivity contribution in [2.75, 3.05) is 7.11 Å². The lowest BCUT2D eigenvalue weighted by atomic mass is 10.1. The minimum absolute atomic E-state index is 0.263. The van der Waals surface area contributed by atoms with E-state index in [4.69, 9.17) is 9.57 Å². The van der Waals surface area contributed by atoms with Crippen molar-refractivity contribution in [1.29, 1.82) is 0 Å². The number of oxime groups is 1. The van der Waals surface area contributed by atoms with E-state index in [1.54, 1.807) is 19.2 Å². The number of rotatable bonds is 7. The molecule has 0 fully saturated rings. The number of hydrogen-bond acceptors (Lipinski definition) is 3. The smallest absolute Gasteiger partial charge is 0.142 e. The van der Waals surface area contributed by atoms with Crippen LogP contribution in [0.2, 0.25) is 0 Å². The molecule has 4 nitrogen and oxygen atoms in total. The summed E-state index contributed by atoms with van der Waals surface area (Å²) >= 11 is 0. The molecule has 0 aliphatic rings. The Hall–Kier alpha value is -3.86. The Morgan fingerprint density at radius 1 is 0.939 bits per heavy atom. The molecule has 0 saturated heterocycles. The van der Waals surface area contributed by atoms with Gasteiger partial charge in [-0.25, -0.2) is 4.39 Å². The van der Waals surface area contributed by atoms with E-state index in [1.807, 2.05) is 50.2 Å². The van der Waals surface area contributed by atoms with Gasteiger partial charge in [0, 0.05) is 16.9 Å². The molecule has 3 aromatic carbocycles. The summed E-state index contributed by atoms with van der Waals surface area (Å²) in [5.41, 5.74) is 7.85. The standard InChI is InChI=1S/C28H27FN2O2/c1-19-6-5-7-22(16-19)18-33-30-20(2)27-17-28(23-8-10-24(29)11-9-23)31(21(27)3)25-12-14-26(32-4)15-13-25/h5-17H,18H2,1-4H3/b30-20+. The topological polar surface area (TPSA) is 35.8 Å². The summed E-state index contributed by atoms with van der Waals surface area (Å²) in [6, 6.07) is 24.6. The first-order valence-electron chi connectivity index (χ1n) is 10.8. The van der Waals surface area contributed by atoms with Crippen molar-refractivity contribution in [3.8, 4) is 22.7 Å². The van der Waals surface area contributed by atoms with Gasteiger partial charge in [0.2, 0.25) is 0 Å². The number of nitrogens with zero attached hydrogens (tertiary/aromatic N) is 2. The van der Waals surface area contributed by atoms with E-state index in [0.717, 1.165) is 45.2 Å². The molecule has 168 valence electrons. The van der Waals surface area contributed by atoms with Crippen LogP contribution < -0.4 is 4.74 Å². The molecular formula is C28H27FN2O2. The number of hydrogen-bond donors (Lipinski definition) is 0. The van der Waals surface area contributed by atoms with Crippen LogP contribution in [0.15, 0.2) is 84.0 Å². The van der Waals surface area contributed by atoms with Crippen LogP contribution in [-0.4, -0.2) is 17.4 Å². The monoisotopic (exact) mass is 442 g/mol. The Morgan fingerprint density at radius 3 is 2.33 bits per heavy atom. The summed E-state index contributed by atoms with van der Waals surface area (Å²) in [6.07, 6.45) is 0. The van der Waals surface area contributed by atoms with Crippen LogP contribution in [0, 0.1) is 19.7 Å². The van der Waals surface area contributed by atoms with Crippen molar-refractivity contribution in [3.63, 3.8) is 0 Å². The summed E-state index contributed by atoms with van der Waals surface area (Å²) in [5.74, 6) is 0.523. The van der Waals surface area contributed by atoms with Crippen molar-refractivity contribution < 1.29 is 14.0 Å². The van der Waals surface area contributed by atoms with Gasteiger partial charge >= 0.3 is 0 Å². The summed E-state index contributed by atoms with van der Waals surface area (Å²) in [5, 5.41) is 4.39. The average molecular weight is 443 g/mol. The zero-order chi connectivity index (χ0) is 23.4. The van der Waals surface area contributed by atoms with Crippen molar-refractivity contribution in [2.24, 2.45) is 5.16 Å². The van der Waals surface area contributed by atoms with Gasteiger partial charge in [0.25, 0.3) is 0 Å². The third-order valence-corrected chi connectivity index (χ3v) is 5.62. The summed E-state index contributed by atoms with van der Waals surface area (Å²) in [4.78, 5) is 5.67. The van der Waals surface area contributed by atoms with Crippen LogP contribution in [0.25, 0.3) is 16.9 Å². The molecule has 1 aromatic heterocycles. The molecule has 0 saturated carbocycles. The van der Waals surface area contributed by atoms with Gasteiger partial charge < -0.3 is 14.1 Å². The van der Waals surface area contributed by atoms with Crippen LogP contribution in [0.4, 0.5) is 4.39 Å². The van der Waals surface area contributed by atoms with E-state index in [2.05, 4.69) is 34.8 Å². The van der Waals surface area contributed by atoms with E-state index in [9.17, 15) is 4.39 Å². The molecule has 0 N–H and O–H groups in total. The van der Waals surface area contributed by atoms with Gasteiger partial charge in [0.15, 0.2) is 0 Å². The van der Waals surface area contributed by atoms with Gasteiger partial charge in [0.05, 0.1) is 18.5 Å². The molecule has 4 rings (SSSR count). The summed E-state index contributed by atoms with van der Waals surface area (Å²) in [7, 11) is 1.65. The largest absolute Gasteiger partial charge is 0.497 e. The highest BCUT2D eigenvalue weighted by atomic mass is 19.1. The molecule has 0 aliphatic carbocycles. The van der Waals surface area contributed by atoms with Crippen LogP contribution in [-0.2, 0) is 11.4 Å². The summed E-state index contributed by atoms with van der Waals surface area (Å²) in [6.45, 7) is 6.44. The minimum Gasteiger partial charge on any atom is -0.497 e. The molecule has 0 radical (unpaired) electrons. The molecule has 0 spiro atoms. The minimum atomic E-state index is -0.263. The second-order valence-corrected chi connectivity index (χ2v) is 8.01. The molecule has 0 unspecified atom stereocenters. The maximum atomic E-state index is 13.6. The number of halogens is 1. The first-order valence-corrected chi connectivity index (χ1v) is 10.8. The van der Waals surface area contributed by atoms with Crippen molar-refractivity contribution in [1.82, 2.24) is 4.57 Å². The third-order valence-electron chi connectivity index (χ3n) is 5.62. The van der Waals surface area contributed by atoms with Crippen LogP contribution >= 0.6 is 0 Å². The lowest BCUT2D eigenvalue weighted by Crippen LogP contribution is -2.02. The molecule has 33 heavy (non-hydrogen) atoms. The molecular weight excluding hydrogens is 415 g/mol. The second kappa shape index (κ2) is 9.74. The molecule has 4 aromatic rings. The molecule has 0 atom stereocenters. The first-order chi connectivity index (χ1) is 16.0. The Balaban J connectivity index is 1.71. The Bertz CT molecular complexity index is 1270. The van der Waals surface area contributed by atoms with Crippen LogP contribution in [0.1, 0.15) is 29.3 Å². The third kappa shape index (κ3) is 4.98. The molecule has 1 heterocycles. The SMILES string of the molecule is COc1ccc(-n2c(-c3ccc(F)cc3)cc(/C(C)=N/OCc3cccc(C)c3)c2C)cc1. The van der Waals surface area contributed by atoms with Gasteiger partial charge in [-0.2, -0.15) is 0 Å². The van der Waals surface area contributed by atoms with E-state index in [0.29, 0.717) is 6.61 Å². The first kappa shape index (κ1) is 22.3. The van der Waals surface area contributed by atoms with Crippen molar-refractivity contribution in [3.05, 3.63) is 107 Å². The maximum Gasteiger partial charge on any atom is 0.142 e. The molecule has 0 aliphatic heterocycles. The van der Waals surface area contributed by atoms with E-state index in [-0.39, 0.29) is 5.82 Å². The quantitative estimate of drug-likeness (QED) is 0.232. The zero-order valence-corrected chi connectivity index (χ0v) is 19.3.